The van der Waals surface area contributed by atoms with Gasteiger partial charge in [-0.15, -0.1) is 0 Å². The summed E-state index contributed by atoms with van der Waals surface area (Å²) in [6.07, 6.45) is 40.4. The summed E-state index contributed by atoms with van der Waals surface area (Å²) >= 11 is 0. The number of aliphatic hydroxyl groups excluding tert-OH is 7. The fraction of sp³-hybridized carbons (Fsp3) is 0.702. The van der Waals surface area contributed by atoms with Gasteiger partial charge in [-0.05, 0) is 89.9 Å². The predicted octanol–water partition coefficient (Wildman–Crippen LogP) is 8.63. The molecule has 2 rings (SSSR count). The first-order chi connectivity index (χ1) is 34.6. The first-order valence-electron chi connectivity index (χ1n) is 26.8. The van der Waals surface area contributed by atoms with Gasteiger partial charge in [-0.2, -0.15) is 0 Å². The summed E-state index contributed by atoms with van der Waals surface area (Å²) in [6, 6.07) is 0. The van der Waals surface area contributed by atoms with Crippen molar-refractivity contribution in [2.24, 2.45) is 0 Å². The third kappa shape index (κ3) is 30.6. The number of hydrogen-bond acceptors (Lipinski definition) is 14. The third-order valence-electron chi connectivity index (χ3n) is 12.1. The van der Waals surface area contributed by atoms with Crippen molar-refractivity contribution in [2.75, 3.05) is 33.0 Å². The molecule has 0 saturated carbocycles. The van der Waals surface area contributed by atoms with Crippen molar-refractivity contribution in [3.05, 3.63) is 97.2 Å². The number of hydrogen-bond donors (Lipinski definition) is 7. The molecule has 0 aromatic heterocycles. The highest BCUT2D eigenvalue weighted by Crippen LogP contribution is 2.26. The van der Waals surface area contributed by atoms with Gasteiger partial charge in [-0.3, -0.25) is 4.79 Å². The van der Waals surface area contributed by atoms with Crippen molar-refractivity contribution in [2.45, 2.75) is 223 Å². The molecule has 0 aromatic carbocycles. The second-order valence-corrected chi connectivity index (χ2v) is 18.3. The van der Waals surface area contributed by atoms with Crippen LogP contribution < -0.4 is 0 Å². The molecule has 0 amide bonds. The van der Waals surface area contributed by atoms with E-state index in [4.69, 9.17) is 28.4 Å². The van der Waals surface area contributed by atoms with E-state index in [1.165, 1.54) is 38.5 Å². The summed E-state index contributed by atoms with van der Waals surface area (Å²) in [4.78, 5) is 13.0. The molecule has 11 atom stereocenters. The van der Waals surface area contributed by atoms with Crippen LogP contribution >= 0.6 is 0 Å². The van der Waals surface area contributed by atoms with E-state index in [-0.39, 0.29) is 19.6 Å². The zero-order valence-electron chi connectivity index (χ0n) is 43.2. The van der Waals surface area contributed by atoms with Crippen molar-refractivity contribution in [3.63, 3.8) is 0 Å². The molecule has 0 radical (unpaired) electrons. The Hall–Kier alpha value is -3.09. The number of carbonyl (C=O) groups excluding carboxylic acids is 1. The van der Waals surface area contributed by atoms with Gasteiger partial charge >= 0.3 is 5.97 Å². The normalized spacial score (nSPS) is 26.1. The van der Waals surface area contributed by atoms with Crippen molar-refractivity contribution in [3.8, 4) is 0 Å². The Balaban J connectivity index is 1.79. The lowest BCUT2D eigenvalue weighted by atomic mass is 9.98. The van der Waals surface area contributed by atoms with E-state index in [0.29, 0.717) is 13.0 Å². The zero-order chi connectivity index (χ0) is 51.6. The van der Waals surface area contributed by atoms with Crippen LogP contribution in [-0.2, 0) is 33.2 Å². The highest BCUT2D eigenvalue weighted by Gasteiger charge is 2.47. The number of carbonyl (C=O) groups is 1. The van der Waals surface area contributed by atoms with Crippen LogP contribution in [0, 0.1) is 0 Å². The molecule has 406 valence electrons. The maximum atomic E-state index is 13.0. The zero-order valence-corrected chi connectivity index (χ0v) is 43.2. The summed E-state index contributed by atoms with van der Waals surface area (Å²) in [5.41, 5.74) is 0. The molecular formula is C57H94O14. The fourth-order valence-corrected chi connectivity index (χ4v) is 7.74. The van der Waals surface area contributed by atoms with E-state index in [1.807, 2.05) is 0 Å². The smallest absolute Gasteiger partial charge is 0.306 e. The Morgan fingerprint density at radius 3 is 1.44 bits per heavy atom. The van der Waals surface area contributed by atoms with Crippen LogP contribution in [0.1, 0.15) is 155 Å². The minimum absolute atomic E-state index is 0.0120. The van der Waals surface area contributed by atoms with Gasteiger partial charge in [0.1, 0.15) is 54.9 Å². The molecule has 2 fully saturated rings. The van der Waals surface area contributed by atoms with Crippen LogP contribution in [0.25, 0.3) is 0 Å². The molecule has 2 aliphatic rings. The van der Waals surface area contributed by atoms with Gasteiger partial charge in [0.25, 0.3) is 0 Å². The third-order valence-corrected chi connectivity index (χ3v) is 12.1. The number of aliphatic hydroxyl groups is 7. The van der Waals surface area contributed by atoms with E-state index in [9.17, 15) is 40.5 Å². The Labute approximate surface area is 426 Å². The SMILES string of the molecule is CC/C=C\C/C=C\C/C=C\C/C=C\C/C=C\C/C=C\CCCOCC(COC1OC(COC2OC(CO)C(O)C(O)C2O)C(O)C(O)C1O)OC(=O)CCCCCCCCC/C=C\C/C=C\CCCCC. The maximum Gasteiger partial charge on any atom is 0.306 e. The van der Waals surface area contributed by atoms with E-state index in [2.05, 4.69) is 111 Å². The van der Waals surface area contributed by atoms with Crippen molar-refractivity contribution >= 4 is 5.97 Å². The molecule has 2 saturated heterocycles. The monoisotopic (exact) mass is 1000 g/mol. The summed E-state index contributed by atoms with van der Waals surface area (Å²) in [6.45, 7) is 3.36. The average Bonchev–Trinajstić information content (AvgIpc) is 3.37. The van der Waals surface area contributed by atoms with Gasteiger partial charge in [0, 0.05) is 13.0 Å². The summed E-state index contributed by atoms with van der Waals surface area (Å²) in [5.74, 6) is -0.408. The van der Waals surface area contributed by atoms with Gasteiger partial charge in [0.15, 0.2) is 12.6 Å². The molecule has 2 heterocycles. The quantitative estimate of drug-likeness (QED) is 0.0174. The minimum atomic E-state index is -1.72. The van der Waals surface area contributed by atoms with Crippen molar-refractivity contribution in [1.29, 1.82) is 0 Å². The Kier molecular flexibility index (Phi) is 39.1. The molecule has 14 heteroatoms. The molecule has 0 spiro atoms. The van der Waals surface area contributed by atoms with Crippen LogP contribution in [0.15, 0.2) is 97.2 Å². The first-order valence-corrected chi connectivity index (χ1v) is 26.8. The first kappa shape index (κ1) is 64.0. The summed E-state index contributed by atoms with van der Waals surface area (Å²) < 4.78 is 34.2. The molecule has 0 bridgehead atoms. The molecule has 7 N–H and O–H groups in total. The maximum absolute atomic E-state index is 13.0. The van der Waals surface area contributed by atoms with E-state index < -0.39 is 86.7 Å². The van der Waals surface area contributed by atoms with Gasteiger partial charge in [-0.1, -0.05) is 156 Å². The van der Waals surface area contributed by atoms with Crippen LogP contribution in [-0.4, -0.2) is 142 Å². The number of rotatable bonds is 41. The fourth-order valence-electron chi connectivity index (χ4n) is 7.74. The van der Waals surface area contributed by atoms with Gasteiger partial charge in [0.2, 0.25) is 0 Å². The molecule has 14 nitrogen and oxygen atoms in total. The van der Waals surface area contributed by atoms with Crippen molar-refractivity contribution in [1.82, 2.24) is 0 Å². The van der Waals surface area contributed by atoms with Crippen LogP contribution in [0.4, 0.5) is 0 Å². The highest BCUT2D eigenvalue weighted by molar-refractivity contribution is 5.69. The lowest BCUT2D eigenvalue weighted by Gasteiger charge is -2.42. The summed E-state index contributed by atoms with van der Waals surface area (Å²) in [5, 5.41) is 72.2. The molecule has 11 unspecified atom stereocenters. The predicted molar refractivity (Wildman–Crippen MR) is 279 cm³/mol. The van der Waals surface area contributed by atoms with E-state index in [0.717, 1.165) is 89.9 Å². The second kappa shape index (κ2) is 43.3. The van der Waals surface area contributed by atoms with Gasteiger partial charge in [0.05, 0.1) is 26.4 Å². The number of esters is 1. The van der Waals surface area contributed by atoms with Crippen LogP contribution in [0.2, 0.25) is 0 Å². The van der Waals surface area contributed by atoms with Crippen LogP contribution in [0.5, 0.6) is 0 Å². The Bertz CT molecular complexity index is 1540. The molecule has 71 heavy (non-hydrogen) atoms. The largest absolute Gasteiger partial charge is 0.457 e. The van der Waals surface area contributed by atoms with Crippen molar-refractivity contribution < 1.29 is 69.0 Å². The Morgan fingerprint density at radius 1 is 0.479 bits per heavy atom. The van der Waals surface area contributed by atoms with Gasteiger partial charge < -0.3 is 64.2 Å². The average molecular weight is 1000 g/mol. The van der Waals surface area contributed by atoms with E-state index >= 15 is 0 Å². The number of allylic oxidation sites excluding steroid dienone is 16. The molecule has 2 aliphatic heterocycles. The molecule has 0 aliphatic carbocycles. The number of unbranched alkanes of at least 4 members (excludes halogenated alkanes) is 11. The summed E-state index contributed by atoms with van der Waals surface area (Å²) in [7, 11) is 0. The van der Waals surface area contributed by atoms with Gasteiger partial charge in [-0.25, -0.2) is 0 Å². The lowest BCUT2D eigenvalue weighted by molar-refractivity contribution is -0.332. The molecule has 0 aromatic rings. The van der Waals surface area contributed by atoms with Crippen LogP contribution in [0.3, 0.4) is 0 Å². The second-order valence-electron chi connectivity index (χ2n) is 18.3. The topological polar surface area (TPSA) is 214 Å². The highest BCUT2D eigenvalue weighted by atomic mass is 16.7. The molecular weight excluding hydrogens is 909 g/mol. The van der Waals surface area contributed by atoms with E-state index in [1.54, 1.807) is 0 Å². The minimum Gasteiger partial charge on any atom is -0.457 e. The lowest BCUT2D eigenvalue weighted by Crippen LogP contribution is -2.61. The number of ether oxygens (including phenoxy) is 6. The standard InChI is InChI=1S/C57H94O14/c1-3-5-7-9-11-13-15-17-19-21-22-23-25-27-29-31-33-35-37-39-41-66-43-46(69-49(59)40-38-36-34-32-30-28-26-24-20-18-16-14-12-10-8-6-4-2)44-67-56-55(65)53(63)51(61)48(71-56)45-68-57-54(64)52(62)50(60)47(42-58)70-57/h5,7,11-14,17-20,22-23,27,29,33,35,46-48,50-58,60-65H,3-4,6,8-10,15-16,21,24-26,28,30-32,34,36-45H2,1-2H3/b7-5-,13-11-,14-12-,19-17-,20-18-,23-22-,29-27-,35-33-. The Morgan fingerprint density at radius 2 is 0.915 bits per heavy atom.